The Morgan fingerprint density at radius 1 is 1.40 bits per heavy atom. The van der Waals surface area contributed by atoms with Crippen LogP contribution in [0.2, 0.25) is 0 Å². The Hall–Kier alpha value is -0.380. The first-order valence-corrected chi connectivity index (χ1v) is 6.68. The van der Waals surface area contributed by atoms with E-state index < -0.39 is 0 Å². The number of hydrogen-bond donors (Lipinski definition) is 1. The van der Waals surface area contributed by atoms with Gasteiger partial charge in [0.1, 0.15) is 0 Å². The number of hydrogen-bond acceptors (Lipinski definition) is 3. The second-order valence-corrected chi connectivity index (χ2v) is 5.04. The summed E-state index contributed by atoms with van der Waals surface area (Å²) >= 11 is 1.83. The molecule has 1 fully saturated rings. The monoisotopic (exact) mass is 225 g/mol. The summed E-state index contributed by atoms with van der Waals surface area (Å²) in [7, 11) is 0. The molecule has 3 heteroatoms. The predicted molar refractivity (Wildman–Crippen MR) is 64.5 cm³/mol. The first kappa shape index (κ1) is 11.1. The number of ether oxygens (including phenoxy) is 1. The van der Waals surface area contributed by atoms with Crippen molar-refractivity contribution in [3.8, 4) is 0 Å². The molecule has 0 atom stereocenters. The highest BCUT2D eigenvalue weighted by atomic mass is 32.1. The van der Waals surface area contributed by atoms with Crippen molar-refractivity contribution < 1.29 is 4.74 Å². The van der Waals surface area contributed by atoms with E-state index in [-0.39, 0.29) is 0 Å². The van der Waals surface area contributed by atoms with Crippen molar-refractivity contribution >= 4 is 11.3 Å². The van der Waals surface area contributed by atoms with Crippen LogP contribution in [0.4, 0.5) is 0 Å². The highest BCUT2D eigenvalue weighted by Crippen LogP contribution is 2.21. The summed E-state index contributed by atoms with van der Waals surface area (Å²) in [5.41, 5.74) is 0. The van der Waals surface area contributed by atoms with Gasteiger partial charge in [-0.3, -0.25) is 0 Å². The summed E-state index contributed by atoms with van der Waals surface area (Å²) < 4.78 is 5.66. The predicted octanol–water partition coefficient (Wildman–Crippen LogP) is 2.45. The van der Waals surface area contributed by atoms with Gasteiger partial charge in [-0.25, -0.2) is 0 Å². The van der Waals surface area contributed by atoms with Crippen LogP contribution in [-0.4, -0.2) is 25.8 Å². The third-order valence-electron chi connectivity index (χ3n) is 2.81. The summed E-state index contributed by atoms with van der Waals surface area (Å²) in [6.07, 6.45) is 5.62. The topological polar surface area (TPSA) is 21.3 Å². The molecular formula is C12H19NOS. The van der Waals surface area contributed by atoms with Gasteiger partial charge in [0.05, 0.1) is 12.7 Å². The zero-order chi connectivity index (χ0) is 10.3. The van der Waals surface area contributed by atoms with E-state index in [0.29, 0.717) is 6.10 Å². The van der Waals surface area contributed by atoms with E-state index in [9.17, 15) is 0 Å². The molecule has 0 amide bonds. The SMILES string of the molecule is c1csc(CCNCCOC2CCC2)c1. The fourth-order valence-corrected chi connectivity index (χ4v) is 2.34. The van der Waals surface area contributed by atoms with Crippen LogP contribution in [0, 0.1) is 0 Å². The van der Waals surface area contributed by atoms with Crippen LogP contribution in [0.3, 0.4) is 0 Å². The lowest BCUT2D eigenvalue weighted by Gasteiger charge is -2.25. The standard InChI is InChI=1S/C12H19NOS/c1-3-11(4-1)14-9-8-13-7-6-12-5-2-10-15-12/h2,5,10-11,13H,1,3-4,6-9H2. The molecule has 1 aromatic heterocycles. The van der Waals surface area contributed by atoms with Gasteiger partial charge >= 0.3 is 0 Å². The van der Waals surface area contributed by atoms with Gasteiger partial charge in [-0.1, -0.05) is 6.07 Å². The maximum atomic E-state index is 5.66. The minimum Gasteiger partial charge on any atom is -0.377 e. The zero-order valence-electron chi connectivity index (χ0n) is 9.08. The molecule has 0 bridgehead atoms. The molecule has 2 nitrogen and oxygen atoms in total. The van der Waals surface area contributed by atoms with Crippen molar-refractivity contribution in [2.45, 2.75) is 31.8 Å². The second-order valence-electron chi connectivity index (χ2n) is 4.00. The molecule has 84 valence electrons. The fraction of sp³-hybridized carbons (Fsp3) is 0.667. The molecule has 15 heavy (non-hydrogen) atoms. The van der Waals surface area contributed by atoms with Crippen molar-refractivity contribution in [2.75, 3.05) is 19.7 Å². The van der Waals surface area contributed by atoms with Gasteiger partial charge in [-0.2, -0.15) is 0 Å². The van der Waals surface area contributed by atoms with E-state index in [0.717, 1.165) is 26.1 Å². The van der Waals surface area contributed by atoms with Crippen molar-refractivity contribution in [1.82, 2.24) is 5.32 Å². The van der Waals surface area contributed by atoms with Crippen LogP contribution in [0.5, 0.6) is 0 Å². The molecule has 1 aromatic rings. The van der Waals surface area contributed by atoms with Crippen LogP contribution >= 0.6 is 11.3 Å². The molecule has 0 spiro atoms. The molecule has 1 saturated carbocycles. The Kier molecular flexibility index (Phi) is 4.64. The molecule has 1 aliphatic carbocycles. The van der Waals surface area contributed by atoms with Crippen LogP contribution < -0.4 is 5.32 Å². The minimum absolute atomic E-state index is 0.573. The smallest absolute Gasteiger partial charge is 0.0594 e. The Labute approximate surface area is 95.6 Å². The number of nitrogens with one attached hydrogen (secondary N) is 1. The molecule has 0 aromatic carbocycles. The van der Waals surface area contributed by atoms with Gasteiger partial charge in [-0.15, -0.1) is 11.3 Å². The van der Waals surface area contributed by atoms with E-state index in [2.05, 4.69) is 22.8 Å². The van der Waals surface area contributed by atoms with Crippen molar-refractivity contribution in [1.29, 1.82) is 0 Å². The molecule has 2 rings (SSSR count). The summed E-state index contributed by atoms with van der Waals surface area (Å²) in [6, 6.07) is 4.30. The van der Waals surface area contributed by atoms with E-state index in [4.69, 9.17) is 4.74 Å². The average molecular weight is 225 g/mol. The van der Waals surface area contributed by atoms with Crippen molar-refractivity contribution in [2.24, 2.45) is 0 Å². The van der Waals surface area contributed by atoms with Crippen molar-refractivity contribution in [3.63, 3.8) is 0 Å². The molecular weight excluding hydrogens is 206 g/mol. The largest absolute Gasteiger partial charge is 0.377 e. The first-order valence-electron chi connectivity index (χ1n) is 5.80. The maximum Gasteiger partial charge on any atom is 0.0594 e. The normalized spacial score (nSPS) is 16.5. The third-order valence-corrected chi connectivity index (χ3v) is 3.75. The Bertz CT molecular complexity index is 257. The lowest BCUT2D eigenvalue weighted by Crippen LogP contribution is -2.27. The second kappa shape index (κ2) is 6.26. The van der Waals surface area contributed by atoms with Crippen LogP contribution in [0.1, 0.15) is 24.1 Å². The van der Waals surface area contributed by atoms with Gasteiger partial charge in [0, 0.05) is 18.0 Å². The van der Waals surface area contributed by atoms with Crippen LogP contribution in [0.25, 0.3) is 0 Å². The molecule has 0 saturated heterocycles. The summed E-state index contributed by atoms with van der Waals surface area (Å²) in [4.78, 5) is 1.46. The van der Waals surface area contributed by atoms with E-state index >= 15 is 0 Å². The highest BCUT2D eigenvalue weighted by molar-refractivity contribution is 7.09. The average Bonchev–Trinajstić information content (AvgIpc) is 2.66. The lowest BCUT2D eigenvalue weighted by atomic mass is 9.96. The van der Waals surface area contributed by atoms with Gasteiger partial charge < -0.3 is 10.1 Å². The molecule has 1 heterocycles. The van der Waals surface area contributed by atoms with Gasteiger partial charge in [0.15, 0.2) is 0 Å². The lowest BCUT2D eigenvalue weighted by molar-refractivity contribution is 0.00437. The molecule has 0 radical (unpaired) electrons. The van der Waals surface area contributed by atoms with E-state index in [1.54, 1.807) is 0 Å². The van der Waals surface area contributed by atoms with Crippen LogP contribution in [0.15, 0.2) is 17.5 Å². The van der Waals surface area contributed by atoms with Gasteiger partial charge in [0.2, 0.25) is 0 Å². The minimum atomic E-state index is 0.573. The van der Waals surface area contributed by atoms with Gasteiger partial charge in [-0.05, 0) is 37.1 Å². The third kappa shape index (κ3) is 3.93. The zero-order valence-corrected chi connectivity index (χ0v) is 9.89. The molecule has 0 aliphatic heterocycles. The summed E-state index contributed by atoms with van der Waals surface area (Å²) in [5.74, 6) is 0. The quantitative estimate of drug-likeness (QED) is 0.720. The van der Waals surface area contributed by atoms with E-state index in [1.165, 1.54) is 24.1 Å². The maximum absolute atomic E-state index is 5.66. The Balaban J connectivity index is 1.41. The molecule has 1 N–H and O–H groups in total. The van der Waals surface area contributed by atoms with E-state index in [1.807, 2.05) is 11.3 Å². The Morgan fingerprint density at radius 3 is 3.00 bits per heavy atom. The summed E-state index contributed by atoms with van der Waals surface area (Å²) in [6.45, 7) is 2.92. The fourth-order valence-electron chi connectivity index (χ4n) is 1.63. The van der Waals surface area contributed by atoms with Crippen LogP contribution in [-0.2, 0) is 11.2 Å². The molecule has 1 aliphatic rings. The Morgan fingerprint density at radius 2 is 2.33 bits per heavy atom. The van der Waals surface area contributed by atoms with Gasteiger partial charge in [0.25, 0.3) is 0 Å². The number of rotatable bonds is 7. The first-order chi connectivity index (χ1) is 7.45. The highest BCUT2D eigenvalue weighted by Gasteiger charge is 2.16. The molecule has 0 unspecified atom stereocenters. The van der Waals surface area contributed by atoms with Crippen molar-refractivity contribution in [3.05, 3.63) is 22.4 Å². The number of thiophene rings is 1. The summed E-state index contributed by atoms with van der Waals surface area (Å²) in [5, 5.41) is 5.54.